The molecule has 0 spiro atoms. The third kappa shape index (κ3) is 5.42. The minimum atomic E-state index is 0.878. The predicted octanol–water partition coefficient (Wildman–Crippen LogP) is 4.94. The van der Waals surface area contributed by atoms with Gasteiger partial charge in [0.1, 0.15) is 0 Å². The first-order chi connectivity index (χ1) is 8.45. The SMILES string of the molecule is C1CCCC(COCC2CCCCCC2)CC1. The molecular weight excluding hydrogens is 208 g/mol. The Morgan fingerprint density at radius 1 is 0.529 bits per heavy atom. The van der Waals surface area contributed by atoms with Crippen molar-refractivity contribution >= 4 is 0 Å². The van der Waals surface area contributed by atoms with Crippen molar-refractivity contribution in [2.45, 2.75) is 77.0 Å². The fourth-order valence-electron chi connectivity index (χ4n) is 3.46. The summed E-state index contributed by atoms with van der Waals surface area (Å²) in [6.45, 7) is 2.10. The van der Waals surface area contributed by atoms with Gasteiger partial charge in [-0.25, -0.2) is 0 Å². The highest BCUT2D eigenvalue weighted by Crippen LogP contribution is 2.25. The van der Waals surface area contributed by atoms with Gasteiger partial charge in [-0.3, -0.25) is 0 Å². The summed E-state index contributed by atoms with van der Waals surface area (Å²) in [4.78, 5) is 0. The zero-order valence-corrected chi connectivity index (χ0v) is 11.5. The average Bonchev–Trinajstić information content (AvgIpc) is 2.73. The number of hydrogen-bond donors (Lipinski definition) is 0. The molecule has 1 heteroatoms. The van der Waals surface area contributed by atoms with Crippen molar-refractivity contribution in [2.75, 3.05) is 13.2 Å². The van der Waals surface area contributed by atoms with Gasteiger partial charge in [-0.05, 0) is 37.5 Å². The van der Waals surface area contributed by atoms with Gasteiger partial charge in [-0.2, -0.15) is 0 Å². The van der Waals surface area contributed by atoms with Crippen LogP contribution in [0.1, 0.15) is 77.0 Å². The minimum absolute atomic E-state index is 0.878. The molecule has 0 atom stereocenters. The van der Waals surface area contributed by atoms with Crippen molar-refractivity contribution in [3.8, 4) is 0 Å². The maximum Gasteiger partial charge on any atom is 0.0494 e. The summed E-state index contributed by atoms with van der Waals surface area (Å²) in [5, 5.41) is 0. The molecule has 0 aromatic carbocycles. The Labute approximate surface area is 107 Å². The van der Waals surface area contributed by atoms with Crippen LogP contribution in [0.25, 0.3) is 0 Å². The minimum Gasteiger partial charge on any atom is -0.381 e. The zero-order chi connectivity index (χ0) is 11.8. The topological polar surface area (TPSA) is 9.23 Å². The van der Waals surface area contributed by atoms with Gasteiger partial charge in [0.05, 0.1) is 0 Å². The second-order valence-corrected chi connectivity index (χ2v) is 6.25. The average molecular weight is 238 g/mol. The fourth-order valence-corrected chi connectivity index (χ4v) is 3.46. The van der Waals surface area contributed by atoms with E-state index in [0.717, 1.165) is 25.0 Å². The van der Waals surface area contributed by atoms with Crippen LogP contribution in [-0.4, -0.2) is 13.2 Å². The van der Waals surface area contributed by atoms with E-state index < -0.39 is 0 Å². The third-order valence-electron chi connectivity index (χ3n) is 4.66. The zero-order valence-electron chi connectivity index (χ0n) is 11.5. The van der Waals surface area contributed by atoms with Gasteiger partial charge < -0.3 is 4.74 Å². The highest BCUT2D eigenvalue weighted by Gasteiger charge is 2.15. The second kappa shape index (κ2) is 8.13. The smallest absolute Gasteiger partial charge is 0.0494 e. The van der Waals surface area contributed by atoms with Crippen LogP contribution in [0.2, 0.25) is 0 Å². The second-order valence-electron chi connectivity index (χ2n) is 6.25. The van der Waals surface area contributed by atoms with E-state index >= 15 is 0 Å². The summed E-state index contributed by atoms with van der Waals surface area (Å²) in [7, 11) is 0. The summed E-state index contributed by atoms with van der Waals surface area (Å²) in [6, 6.07) is 0. The molecule has 0 aromatic rings. The molecule has 2 saturated carbocycles. The third-order valence-corrected chi connectivity index (χ3v) is 4.66. The van der Waals surface area contributed by atoms with Gasteiger partial charge in [0.2, 0.25) is 0 Å². The number of hydrogen-bond acceptors (Lipinski definition) is 1. The quantitative estimate of drug-likeness (QED) is 0.630. The highest BCUT2D eigenvalue weighted by atomic mass is 16.5. The lowest BCUT2D eigenvalue weighted by Gasteiger charge is -2.18. The van der Waals surface area contributed by atoms with Crippen molar-refractivity contribution in [2.24, 2.45) is 11.8 Å². The predicted molar refractivity (Wildman–Crippen MR) is 73.2 cm³/mol. The molecule has 0 bridgehead atoms. The molecule has 100 valence electrons. The molecule has 2 fully saturated rings. The molecule has 0 saturated heterocycles. The number of rotatable bonds is 4. The van der Waals surface area contributed by atoms with Crippen molar-refractivity contribution in [3.05, 3.63) is 0 Å². The van der Waals surface area contributed by atoms with Gasteiger partial charge in [0, 0.05) is 13.2 Å². The van der Waals surface area contributed by atoms with Crippen LogP contribution in [0.4, 0.5) is 0 Å². The molecule has 1 nitrogen and oxygen atoms in total. The van der Waals surface area contributed by atoms with Gasteiger partial charge in [0.15, 0.2) is 0 Å². The molecule has 2 aliphatic carbocycles. The summed E-state index contributed by atoms with van der Waals surface area (Å²) < 4.78 is 6.02. The normalized spacial score (nSPS) is 25.4. The van der Waals surface area contributed by atoms with Crippen LogP contribution < -0.4 is 0 Å². The van der Waals surface area contributed by atoms with E-state index in [1.807, 2.05) is 0 Å². The van der Waals surface area contributed by atoms with E-state index in [1.165, 1.54) is 77.0 Å². The lowest BCUT2D eigenvalue weighted by atomic mass is 10.0. The van der Waals surface area contributed by atoms with Crippen LogP contribution in [-0.2, 0) is 4.74 Å². The largest absolute Gasteiger partial charge is 0.381 e. The first-order valence-corrected chi connectivity index (χ1v) is 8.03. The Kier molecular flexibility index (Phi) is 6.41. The van der Waals surface area contributed by atoms with Crippen LogP contribution in [0.3, 0.4) is 0 Å². The molecule has 0 aliphatic heterocycles. The van der Waals surface area contributed by atoms with E-state index in [1.54, 1.807) is 0 Å². The van der Waals surface area contributed by atoms with Gasteiger partial charge in [-0.1, -0.05) is 51.4 Å². The van der Waals surface area contributed by atoms with Crippen molar-refractivity contribution in [3.63, 3.8) is 0 Å². The molecule has 17 heavy (non-hydrogen) atoms. The Bertz CT molecular complexity index is 154. The summed E-state index contributed by atoms with van der Waals surface area (Å²) in [5.41, 5.74) is 0. The monoisotopic (exact) mass is 238 g/mol. The molecule has 0 radical (unpaired) electrons. The molecule has 0 N–H and O–H groups in total. The standard InChI is InChI=1S/C16H30O/c1-2-6-10-15(9-5-1)13-17-14-16-11-7-3-4-8-12-16/h15-16H,1-14H2. The maximum absolute atomic E-state index is 6.02. The van der Waals surface area contributed by atoms with E-state index in [0.29, 0.717) is 0 Å². The molecule has 0 aromatic heterocycles. The Morgan fingerprint density at radius 2 is 0.882 bits per heavy atom. The number of ether oxygens (including phenoxy) is 1. The van der Waals surface area contributed by atoms with Crippen LogP contribution in [0.5, 0.6) is 0 Å². The van der Waals surface area contributed by atoms with Crippen LogP contribution in [0, 0.1) is 11.8 Å². The van der Waals surface area contributed by atoms with E-state index in [4.69, 9.17) is 4.74 Å². The first kappa shape index (κ1) is 13.4. The van der Waals surface area contributed by atoms with Crippen LogP contribution >= 0.6 is 0 Å². The summed E-state index contributed by atoms with van der Waals surface area (Å²) in [6.07, 6.45) is 17.3. The molecular formula is C16H30O. The van der Waals surface area contributed by atoms with E-state index in [-0.39, 0.29) is 0 Å². The Hall–Kier alpha value is -0.0400. The van der Waals surface area contributed by atoms with Gasteiger partial charge in [0.25, 0.3) is 0 Å². The van der Waals surface area contributed by atoms with Crippen molar-refractivity contribution in [1.82, 2.24) is 0 Å². The van der Waals surface area contributed by atoms with Crippen LogP contribution in [0.15, 0.2) is 0 Å². The lowest BCUT2D eigenvalue weighted by Crippen LogP contribution is -2.14. The molecule has 0 amide bonds. The maximum atomic E-state index is 6.02. The summed E-state index contributed by atoms with van der Waals surface area (Å²) >= 11 is 0. The lowest BCUT2D eigenvalue weighted by molar-refractivity contribution is 0.0628. The van der Waals surface area contributed by atoms with E-state index in [9.17, 15) is 0 Å². The van der Waals surface area contributed by atoms with Gasteiger partial charge >= 0.3 is 0 Å². The van der Waals surface area contributed by atoms with Crippen molar-refractivity contribution in [1.29, 1.82) is 0 Å². The summed E-state index contributed by atoms with van der Waals surface area (Å²) in [5.74, 6) is 1.76. The molecule has 2 rings (SSSR count). The molecule has 0 unspecified atom stereocenters. The van der Waals surface area contributed by atoms with Crippen molar-refractivity contribution < 1.29 is 4.74 Å². The Morgan fingerprint density at radius 3 is 1.24 bits per heavy atom. The first-order valence-electron chi connectivity index (χ1n) is 8.03. The molecule has 2 aliphatic rings. The fraction of sp³-hybridized carbons (Fsp3) is 1.00. The Balaban J connectivity index is 1.57. The van der Waals surface area contributed by atoms with Gasteiger partial charge in [-0.15, -0.1) is 0 Å². The van der Waals surface area contributed by atoms with E-state index in [2.05, 4.69) is 0 Å². The highest BCUT2D eigenvalue weighted by molar-refractivity contribution is 4.66. The molecule has 0 heterocycles.